The number of nitrogens with zero attached hydrogens (tertiary/aromatic N) is 2. The number of hydrogen-bond donors (Lipinski definition) is 0. The third-order valence-corrected chi connectivity index (χ3v) is 3.26. The average molecular weight is 262 g/mol. The van der Waals surface area contributed by atoms with E-state index in [1.54, 1.807) is 12.4 Å². The summed E-state index contributed by atoms with van der Waals surface area (Å²) in [7, 11) is 0. The normalized spacial score (nSPS) is 22.3. The second kappa shape index (κ2) is 3.84. The van der Waals surface area contributed by atoms with Crippen molar-refractivity contribution in [1.29, 1.82) is 0 Å². The van der Waals surface area contributed by atoms with E-state index in [1.807, 2.05) is 6.07 Å². The molecule has 1 aromatic rings. The van der Waals surface area contributed by atoms with Crippen molar-refractivity contribution < 1.29 is 0 Å². The Morgan fingerprint density at radius 3 is 3.08 bits per heavy atom. The lowest BCUT2D eigenvalue weighted by Gasteiger charge is -2.18. The monoisotopic (exact) mass is 260 g/mol. The highest BCUT2D eigenvalue weighted by molar-refractivity contribution is 9.09. The molecule has 0 radical (unpaired) electrons. The zero-order valence-electron chi connectivity index (χ0n) is 7.08. The molecule has 1 saturated heterocycles. The largest absolute Gasteiger partial charge is 0.369 e. The third kappa shape index (κ3) is 1.97. The quantitative estimate of drug-likeness (QED) is 0.723. The van der Waals surface area contributed by atoms with Crippen LogP contribution in [0.15, 0.2) is 18.5 Å². The highest BCUT2D eigenvalue weighted by atomic mass is 79.9. The molecule has 0 aromatic carbocycles. The second-order valence-corrected chi connectivity index (χ2v) is 4.86. The van der Waals surface area contributed by atoms with Crippen LogP contribution in [0.2, 0.25) is 5.02 Å². The first kappa shape index (κ1) is 9.28. The van der Waals surface area contributed by atoms with Gasteiger partial charge in [-0.05, 0) is 12.5 Å². The first-order valence-electron chi connectivity index (χ1n) is 4.26. The highest BCUT2D eigenvalue weighted by Crippen LogP contribution is 2.29. The van der Waals surface area contributed by atoms with Crippen LogP contribution in [0.5, 0.6) is 0 Å². The van der Waals surface area contributed by atoms with Crippen molar-refractivity contribution in [2.24, 2.45) is 0 Å². The Hall–Kier alpha value is -0.280. The molecule has 0 amide bonds. The lowest BCUT2D eigenvalue weighted by molar-refractivity contribution is 0.964. The van der Waals surface area contributed by atoms with Crippen molar-refractivity contribution >= 4 is 33.2 Å². The van der Waals surface area contributed by atoms with E-state index in [1.165, 1.54) is 6.42 Å². The SMILES string of the molecule is Clc1cnccc1N1CCC(Br)C1. The molecule has 2 nitrogen and oxygen atoms in total. The van der Waals surface area contributed by atoms with Crippen LogP contribution in [0.25, 0.3) is 0 Å². The van der Waals surface area contributed by atoms with Crippen LogP contribution >= 0.6 is 27.5 Å². The van der Waals surface area contributed by atoms with E-state index in [2.05, 4.69) is 25.8 Å². The summed E-state index contributed by atoms with van der Waals surface area (Å²) in [4.78, 5) is 6.84. The van der Waals surface area contributed by atoms with Gasteiger partial charge in [0.25, 0.3) is 0 Å². The van der Waals surface area contributed by atoms with Crippen LogP contribution in [0, 0.1) is 0 Å². The first-order valence-corrected chi connectivity index (χ1v) is 5.55. The molecule has 1 aliphatic heterocycles. The molecular weight excluding hydrogens is 251 g/mol. The van der Waals surface area contributed by atoms with Gasteiger partial charge in [-0.3, -0.25) is 4.98 Å². The van der Waals surface area contributed by atoms with Gasteiger partial charge in [0.05, 0.1) is 10.7 Å². The smallest absolute Gasteiger partial charge is 0.0822 e. The lowest BCUT2D eigenvalue weighted by Crippen LogP contribution is -2.19. The molecule has 0 N–H and O–H groups in total. The molecule has 1 unspecified atom stereocenters. The topological polar surface area (TPSA) is 16.1 Å². The maximum atomic E-state index is 6.03. The van der Waals surface area contributed by atoms with E-state index in [0.717, 1.165) is 23.8 Å². The molecule has 0 aliphatic carbocycles. The van der Waals surface area contributed by atoms with Gasteiger partial charge >= 0.3 is 0 Å². The Morgan fingerprint density at radius 1 is 1.62 bits per heavy atom. The fourth-order valence-electron chi connectivity index (χ4n) is 1.56. The van der Waals surface area contributed by atoms with Gasteiger partial charge in [0.1, 0.15) is 0 Å². The number of alkyl halides is 1. The molecule has 1 atom stereocenters. The Balaban J connectivity index is 2.21. The number of rotatable bonds is 1. The Labute approximate surface area is 91.0 Å². The summed E-state index contributed by atoms with van der Waals surface area (Å²) in [6, 6.07) is 1.97. The molecular formula is C9H10BrClN2. The van der Waals surface area contributed by atoms with Crippen LogP contribution < -0.4 is 4.90 Å². The number of aromatic nitrogens is 1. The molecule has 2 rings (SSSR count). The van der Waals surface area contributed by atoms with Crippen LogP contribution in [-0.2, 0) is 0 Å². The zero-order chi connectivity index (χ0) is 9.26. The molecule has 1 fully saturated rings. The molecule has 70 valence electrons. The van der Waals surface area contributed by atoms with Crippen molar-refractivity contribution in [3.63, 3.8) is 0 Å². The minimum Gasteiger partial charge on any atom is -0.369 e. The van der Waals surface area contributed by atoms with E-state index < -0.39 is 0 Å². The standard InChI is InChI=1S/C9H10BrClN2/c10-7-2-4-13(6-7)9-1-3-12-5-8(9)11/h1,3,5,7H,2,4,6H2. The molecule has 13 heavy (non-hydrogen) atoms. The fourth-order valence-corrected chi connectivity index (χ4v) is 2.35. The van der Waals surface area contributed by atoms with Gasteiger partial charge in [-0.2, -0.15) is 0 Å². The van der Waals surface area contributed by atoms with Crippen molar-refractivity contribution in [3.8, 4) is 0 Å². The molecule has 0 saturated carbocycles. The van der Waals surface area contributed by atoms with Crippen LogP contribution in [-0.4, -0.2) is 22.9 Å². The summed E-state index contributed by atoms with van der Waals surface area (Å²) >= 11 is 9.63. The minimum atomic E-state index is 0.594. The van der Waals surface area contributed by atoms with Gasteiger partial charge in [0.15, 0.2) is 0 Å². The van der Waals surface area contributed by atoms with E-state index in [4.69, 9.17) is 11.6 Å². The number of pyridine rings is 1. The molecule has 2 heterocycles. The summed E-state index contributed by atoms with van der Waals surface area (Å²) in [5, 5.41) is 0.740. The minimum absolute atomic E-state index is 0.594. The number of halogens is 2. The fraction of sp³-hybridized carbons (Fsp3) is 0.444. The zero-order valence-corrected chi connectivity index (χ0v) is 9.42. The highest BCUT2D eigenvalue weighted by Gasteiger charge is 2.21. The molecule has 0 bridgehead atoms. The van der Waals surface area contributed by atoms with Crippen molar-refractivity contribution in [2.45, 2.75) is 11.2 Å². The van der Waals surface area contributed by atoms with E-state index in [-0.39, 0.29) is 0 Å². The van der Waals surface area contributed by atoms with Gasteiger partial charge in [-0.1, -0.05) is 27.5 Å². The third-order valence-electron chi connectivity index (χ3n) is 2.22. The maximum absolute atomic E-state index is 6.03. The maximum Gasteiger partial charge on any atom is 0.0822 e. The Bertz CT molecular complexity index is 305. The Kier molecular flexibility index (Phi) is 2.74. The molecule has 1 aliphatic rings. The van der Waals surface area contributed by atoms with Crippen LogP contribution in [0.3, 0.4) is 0 Å². The summed E-state index contributed by atoms with van der Waals surface area (Å²) in [5.41, 5.74) is 1.10. The van der Waals surface area contributed by atoms with E-state index >= 15 is 0 Å². The van der Waals surface area contributed by atoms with Gasteiger partial charge in [0.2, 0.25) is 0 Å². The first-order chi connectivity index (χ1) is 6.27. The summed E-state index contributed by atoms with van der Waals surface area (Å²) < 4.78 is 0. The molecule has 0 spiro atoms. The van der Waals surface area contributed by atoms with Gasteiger partial charge in [-0.15, -0.1) is 0 Å². The van der Waals surface area contributed by atoms with Crippen molar-refractivity contribution in [2.75, 3.05) is 18.0 Å². The predicted octanol–water partition coefficient (Wildman–Crippen LogP) is 2.71. The number of anilines is 1. The van der Waals surface area contributed by atoms with Gasteiger partial charge < -0.3 is 4.90 Å². The van der Waals surface area contributed by atoms with Crippen molar-refractivity contribution in [1.82, 2.24) is 4.98 Å². The van der Waals surface area contributed by atoms with Crippen molar-refractivity contribution in [3.05, 3.63) is 23.5 Å². The average Bonchev–Trinajstić information content (AvgIpc) is 2.53. The van der Waals surface area contributed by atoms with Gasteiger partial charge in [-0.25, -0.2) is 0 Å². The second-order valence-electron chi connectivity index (χ2n) is 3.16. The number of hydrogen-bond acceptors (Lipinski definition) is 2. The Morgan fingerprint density at radius 2 is 2.46 bits per heavy atom. The molecule has 1 aromatic heterocycles. The van der Waals surface area contributed by atoms with E-state index in [0.29, 0.717) is 4.83 Å². The van der Waals surface area contributed by atoms with Crippen LogP contribution in [0.4, 0.5) is 5.69 Å². The summed E-state index contributed by atoms with van der Waals surface area (Å²) in [6.07, 6.45) is 4.65. The van der Waals surface area contributed by atoms with Crippen LogP contribution in [0.1, 0.15) is 6.42 Å². The van der Waals surface area contributed by atoms with Gasteiger partial charge in [0, 0.05) is 30.3 Å². The molecule has 4 heteroatoms. The predicted molar refractivity (Wildman–Crippen MR) is 58.8 cm³/mol. The lowest BCUT2D eigenvalue weighted by atomic mass is 10.4. The summed E-state index contributed by atoms with van der Waals surface area (Å²) in [6.45, 7) is 2.10. The van der Waals surface area contributed by atoms with E-state index in [9.17, 15) is 0 Å². The summed E-state index contributed by atoms with van der Waals surface area (Å²) in [5.74, 6) is 0.